The summed E-state index contributed by atoms with van der Waals surface area (Å²) in [7, 11) is -3.71. The number of fused-ring (bicyclic) bond motifs is 1. The number of nitrogens with one attached hydrogen (secondary N) is 1. The van der Waals surface area contributed by atoms with Gasteiger partial charge < -0.3 is 15.0 Å². The van der Waals surface area contributed by atoms with Crippen LogP contribution >= 0.6 is 11.8 Å². The third-order valence-corrected chi connectivity index (χ3v) is 8.12. The molecular formula is C22H20N4O6S2. The van der Waals surface area contributed by atoms with Crippen LogP contribution in [-0.4, -0.2) is 41.8 Å². The van der Waals surface area contributed by atoms with Gasteiger partial charge in [-0.1, -0.05) is 36.0 Å². The Morgan fingerprint density at radius 1 is 1.26 bits per heavy atom. The molecule has 2 aliphatic rings. The number of carboxylic acids is 1. The second-order valence-corrected chi connectivity index (χ2v) is 10.8. The van der Waals surface area contributed by atoms with Gasteiger partial charge in [0.1, 0.15) is 5.37 Å². The average Bonchev–Trinajstić information content (AvgIpc) is 3.10. The minimum absolute atomic E-state index is 0.171. The summed E-state index contributed by atoms with van der Waals surface area (Å²) in [5.74, 6) is -2.82. The molecule has 0 bridgehead atoms. The molecule has 1 aromatic carbocycles. The lowest BCUT2D eigenvalue weighted by Gasteiger charge is -2.44. The van der Waals surface area contributed by atoms with Crippen LogP contribution in [0.1, 0.15) is 23.6 Å². The first-order chi connectivity index (χ1) is 16.1. The predicted octanol–water partition coefficient (Wildman–Crippen LogP) is -0.747. The van der Waals surface area contributed by atoms with Crippen molar-refractivity contribution in [3.05, 3.63) is 71.2 Å². The number of nitriles is 1. The van der Waals surface area contributed by atoms with E-state index in [0.29, 0.717) is 22.6 Å². The number of aliphatic hydroxyl groups excluding tert-OH is 1. The molecule has 1 saturated heterocycles. The first kappa shape index (κ1) is 23.7. The Hall–Kier alpha value is -3.40. The number of β-lactam (4-membered cyclic amide) rings is 1. The molecule has 0 radical (unpaired) electrons. The lowest BCUT2D eigenvalue weighted by molar-refractivity contribution is -0.688. The molecule has 0 aliphatic carbocycles. The maximum absolute atomic E-state index is 12.3. The molecule has 3 heterocycles. The van der Waals surface area contributed by atoms with Crippen molar-refractivity contribution in [1.82, 2.24) is 9.62 Å². The van der Waals surface area contributed by atoms with Gasteiger partial charge in [-0.15, -0.1) is 0 Å². The first-order valence-corrected chi connectivity index (χ1v) is 12.7. The number of hydrogen-bond donors (Lipinski definition) is 2. The molecule has 2 aliphatic heterocycles. The molecule has 1 aromatic heterocycles. The molecule has 2 aromatic rings. The van der Waals surface area contributed by atoms with Gasteiger partial charge in [-0.05, 0) is 18.1 Å². The fraction of sp³-hybridized carbons (Fsp3) is 0.273. The van der Waals surface area contributed by atoms with E-state index in [9.17, 15) is 28.2 Å². The van der Waals surface area contributed by atoms with Crippen LogP contribution in [0.5, 0.6) is 0 Å². The van der Waals surface area contributed by atoms with Crippen molar-refractivity contribution in [2.75, 3.05) is 0 Å². The van der Waals surface area contributed by atoms with E-state index in [1.807, 2.05) is 16.7 Å². The number of rotatable bonds is 8. The lowest BCUT2D eigenvalue weighted by atomic mass is 9.92. The van der Waals surface area contributed by atoms with Crippen molar-refractivity contribution >= 4 is 38.6 Å². The number of carbonyl (C=O) groups excluding carboxylic acids is 2. The number of pyridine rings is 1. The summed E-state index contributed by atoms with van der Waals surface area (Å²) in [6.45, 7) is 2.00. The van der Waals surface area contributed by atoms with Crippen molar-refractivity contribution in [2.45, 2.75) is 30.7 Å². The Labute approximate surface area is 200 Å². The minimum Gasteiger partial charge on any atom is -0.543 e. The number of aliphatic hydroxyl groups is 1. The second-order valence-electron chi connectivity index (χ2n) is 8.00. The van der Waals surface area contributed by atoms with Crippen LogP contribution in [0.4, 0.5) is 0 Å². The third kappa shape index (κ3) is 4.50. The normalized spacial score (nSPS) is 20.4. The Kier molecular flexibility index (Phi) is 6.35. The zero-order valence-electron chi connectivity index (χ0n) is 17.9. The van der Waals surface area contributed by atoms with Crippen LogP contribution in [0.15, 0.2) is 54.5 Å². The topological polar surface area (TPSA) is 155 Å². The van der Waals surface area contributed by atoms with E-state index in [1.54, 1.807) is 41.4 Å². The summed E-state index contributed by atoms with van der Waals surface area (Å²) < 4.78 is 27.0. The Bertz CT molecular complexity index is 1310. The van der Waals surface area contributed by atoms with Gasteiger partial charge in [0.25, 0.3) is 0 Å². The number of hydrogen-bond acceptors (Lipinski definition) is 8. The molecule has 34 heavy (non-hydrogen) atoms. The Balaban J connectivity index is 1.48. The smallest absolute Gasteiger partial charge is 0.245 e. The van der Waals surface area contributed by atoms with E-state index >= 15 is 0 Å². The van der Waals surface area contributed by atoms with Crippen LogP contribution in [0.3, 0.4) is 0 Å². The van der Waals surface area contributed by atoms with Gasteiger partial charge in [0.2, 0.25) is 15.9 Å². The SMILES string of the molecule is C[C@@H](O)[C@H]1C(=O)N2C(C(=O)[O-])=C(c3ccc(C[n+]4ccc(CS(=O)(=O)NC#N)cc4)cc3)S[C@H]12. The van der Waals surface area contributed by atoms with Gasteiger partial charge >= 0.3 is 0 Å². The Morgan fingerprint density at radius 3 is 2.47 bits per heavy atom. The first-order valence-electron chi connectivity index (χ1n) is 10.2. The summed E-state index contributed by atoms with van der Waals surface area (Å²) in [4.78, 5) is 25.7. The molecule has 3 atom stereocenters. The lowest BCUT2D eigenvalue weighted by Crippen LogP contribution is -2.61. The summed E-state index contributed by atoms with van der Waals surface area (Å²) in [6, 6.07) is 10.5. The zero-order chi connectivity index (χ0) is 24.6. The minimum atomic E-state index is -3.71. The maximum Gasteiger partial charge on any atom is 0.245 e. The van der Waals surface area contributed by atoms with Gasteiger partial charge in [-0.3, -0.25) is 9.69 Å². The number of sulfonamides is 1. The van der Waals surface area contributed by atoms with Gasteiger partial charge in [0.15, 0.2) is 25.1 Å². The number of aromatic nitrogens is 1. The van der Waals surface area contributed by atoms with Gasteiger partial charge in [-0.2, -0.15) is 5.26 Å². The molecule has 2 N–H and O–H groups in total. The summed E-state index contributed by atoms with van der Waals surface area (Å²) >= 11 is 1.23. The molecule has 10 nitrogen and oxygen atoms in total. The molecule has 0 spiro atoms. The third-order valence-electron chi connectivity index (χ3n) is 5.59. The molecule has 1 amide bonds. The number of carboxylic acid groups (broad SMARTS) is 1. The molecular weight excluding hydrogens is 480 g/mol. The summed E-state index contributed by atoms with van der Waals surface area (Å²) in [6.07, 6.45) is 3.98. The highest BCUT2D eigenvalue weighted by Gasteiger charge is 2.56. The number of carbonyl (C=O) groups is 2. The monoisotopic (exact) mass is 500 g/mol. The van der Waals surface area contributed by atoms with E-state index in [1.165, 1.54) is 29.8 Å². The molecule has 176 valence electrons. The zero-order valence-corrected chi connectivity index (χ0v) is 19.5. The predicted molar refractivity (Wildman–Crippen MR) is 119 cm³/mol. The largest absolute Gasteiger partial charge is 0.543 e. The average molecular weight is 501 g/mol. The molecule has 0 saturated carbocycles. The van der Waals surface area contributed by atoms with E-state index in [2.05, 4.69) is 0 Å². The van der Waals surface area contributed by atoms with Crippen LogP contribution in [-0.2, 0) is 31.9 Å². The maximum atomic E-state index is 12.3. The molecule has 12 heteroatoms. The fourth-order valence-corrected chi connectivity index (χ4v) is 6.42. The quantitative estimate of drug-likeness (QED) is 0.208. The van der Waals surface area contributed by atoms with E-state index in [4.69, 9.17) is 5.26 Å². The van der Waals surface area contributed by atoms with Gasteiger partial charge in [0.05, 0.1) is 29.4 Å². The van der Waals surface area contributed by atoms with E-state index in [0.717, 1.165) is 5.56 Å². The van der Waals surface area contributed by atoms with Crippen LogP contribution < -0.4 is 14.4 Å². The highest BCUT2D eigenvalue weighted by Crippen LogP contribution is 2.53. The highest BCUT2D eigenvalue weighted by molar-refractivity contribution is 8.09. The van der Waals surface area contributed by atoms with Crippen molar-refractivity contribution in [3.63, 3.8) is 0 Å². The van der Waals surface area contributed by atoms with Crippen molar-refractivity contribution in [1.29, 1.82) is 5.26 Å². The number of thioether (sulfide) groups is 1. The molecule has 1 fully saturated rings. The van der Waals surface area contributed by atoms with Crippen LogP contribution in [0.2, 0.25) is 0 Å². The summed E-state index contributed by atoms with van der Waals surface area (Å²) in [5, 5.41) is 29.6. The van der Waals surface area contributed by atoms with Crippen molar-refractivity contribution < 1.29 is 32.8 Å². The molecule has 4 rings (SSSR count). The van der Waals surface area contributed by atoms with Gasteiger partial charge in [-0.25, -0.2) is 17.7 Å². The van der Waals surface area contributed by atoms with Crippen molar-refractivity contribution in [3.8, 4) is 6.19 Å². The number of aliphatic carboxylic acids is 1. The second kappa shape index (κ2) is 9.09. The fourth-order valence-electron chi connectivity index (χ4n) is 3.96. The van der Waals surface area contributed by atoms with Crippen LogP contribution in [0, 0.1) is 17.4 Å². The van der Waals surface area contributed by atoms with Crippen molar-refractivity contribution in [2.24, 2.45) is 5.92 Å². The highest BCUT2D eigenvalue weighted by atomic mass is 32.2. The van der Waals surface area contributed by atoms with Crippen LogP contribution in [0.25, 0.3) is 4.91 Å². The number of benzene rings is 1. The molecule has 0 unspecified atom stereocenters. The van der Waals surface area contributed by atoms with E-state index in [-0.39, 0.29) is 11.4 Å². The number of nitrogens with zero attached hydrogens (tertiary/aromatic N) is 3. The Morgan fingerprint density at radius 2 is 1.91 bits per heavy atom. The van der Waals surface area contributed by atoms with E-state index < -0.39 is 39.3 Å². The van der Waals surface area contributed by atoms with Gasteiger partial charge in [0, 0.05) is 22.6 Å². The number of amides is 1. The summed E-state index contributed by atoms with van der Waals surface area (Å²) in [5.41, 5.74) is 1.91. The standard InChI is InChI=1S/C22H20N4O6S2/c1-13(27)17-20(28)26-18(22(29)30)19(33-21(17)26)16-4-2-14(3-5-16)10-25-8-6-15(7-9-25)11-34(31,32)24-12-23/h2-9,13,17,21,24,27H,10-11H2,1H3/t13-,17+,21-/m1/s1.